The molecule has 9 heteroatoms. The lowest BCUT2D eigenvalue weighted by Gasteiger charge is -2.05. The zero-order chi connectivity index (χ0) is 15.8. The molecule has 3 aromatic rings. The number of hydrogen-bond donors (Lipinski definition) is 1. The second kappa shape index (κ2) is 5.74. The molecule has 0 radical (unpaired) electrons. The predicted octanol–water partition coefficient (Wildman–Crippen LogP) is 2.61. The number of carbonyl (C=O) groups is 1. The third-order valence-corrected chi connectivity index (χ3v) is 5.32. The van der Waals surface area contributed by atoms with E-state index >= 15 is 0 Å². The first-order chi connectivity index (χ1) is 11.2. The predicted molar refractivity (Wildman–Crippen MR) is 91.0 cm³/mol. The van der Waals surface area contributed by atoms with Crippen molar-refractivity contribution < 1.29 is 4.79 Å². The summed E-state index contributed by atoms with van der Waals surface area (Å²) in [6.45, 7) is 1.92. The number of benzene rings is 1. The van der Waals surface area contributed by atoms with Crippen molar-refractivity contribution in [1.29, 1.82) is 0 Å². The van der Waals surface area contributed by atoms with Gasteiger partial charge >= 0.3 is 0 Å². The topological polar surface area (TPSA) is 87.1 Å². The molecule has 0 saturated heterocycles. The summed E-state index contributed by atoms with van der Waals surface area (Å²) in [4.78, 5) is 19.7. The van der Waals surface area contributed by atoms with E-state index in [9.17, 15) is 4.79 Å². The molecule has 0 fully saturated rings. The molecule has 0 saturated carbocycles. The van der Waals surface area contributed by atoms with Gasteiger partial charge in [0.1, 0.15) is 5.01 Å². The number of carbonyl (C=O) groups excluding carboxylic acids is 1. The minimum atomic E-state index is -0.0758. The summed E-state index contributed by atoms with van der Waals surface area (Å²) in [5, 5.41) is 14.7. The fourth-order valence-corrected chi connectivity index (χ4v) is 3.99. The van der Waals surface area contributed by atoms with Crippen LogP contribution < -0.4 is 5.01 Å². The molecule has 0 aliphatic carbocycles. The number of hydrazone groups is 1. The highest BCUT2D eigenvalue weighted by Gasteiger charge is 2.27. The van der Waals surface area contributed by atoms with Crippen molar-refractivity contribution >= 4 is 51.7 Å². The van der Waals surface area contributed by atoms with Crippen LogP contribution in [0.2, 0.25) is 0 Å². The Hall–Kier alpha value is -2.26. The number of aromatic nitrogens is 4. The Bertz CT molecular complexity index is 882. The summed E-state index contributed by atoms with van der Waals surface area (Å²) in [5.74, 6) is 1.01. The zero-order valence-electron chi connectivity index (χ0n) is 12.2. The van der Waals surface area contributed by atoms with Gasteiger partial charge in [0.15, 0.2) is 4.34 Å². The van der Waals surface area contributed by atoms with Crippen LogP contribution in [-0.4, -0.2) is 37.5 Å². The van der Waals surface area contributed by atoms with Gasteiger partial charge in [-0.25, -0.2) is 4.98 Å². The molecule has 1 N–H and O–H groups in total. The zero-order valence-corrected chi connectivity index (χ0v) is 13.8. The molecule has 1 aliphatic heterocycles. The van der Waals surface area contributed by atoms with E-state index in [-0.39, 0.29) is 5.91 Å². The summed E-state index contributed by atoms with van der Waals surface area (Å²) in [7, 11) is 0. The van der Waals surface area contributed by atoms with Crippen LogP contribution in [-0.2, 0) is 4.79 Å². The van der Waals surface area contributed by atoms with E-state index in [4.69, 9.17) is 0 Å². The van der Waals surface area contributed by atoms with Crippen molar-refractivity contribution in [1.82, 2.24) is 20.2 Å². The summed E-state index contributed by atoms with van der Waals surface area (Å²) in [6.07, 6.45) is 0.307. The van der Waals surface area contributed by atoms with Crippen LogP contribution in [0.25, 0.3) is 11.0 Å². The number of para-hydroxylation sites is 2. The third kappa shape index (κ3) is 2.84. The fraction of sp³-hybridized carbons (Fsp3) is 0.214. The quantitative estimate of drug-likeness (QED) is 0.735. The molecule has 2 aromatic heterocycles. The average Bonchev–Trinajstić information content (AvgIpc) is 3.23. The second-order valence-corrected chi connectivity index (χ2v) is 7.41. The molecule has 1 aliphatic rings. The van der Waals surface area contributed by atoms with Gasteiger partial charge in [0, 0.05) is 5.75 Å². The number of rotatable bonds is 4. The van der Waals surface area contributed by atoms with Crippen LogP contribution in [0.1, 0.15) is 11.4 Å². The van der Waals surface area contributed by atoms with E-state index in [1.807, 2.05) is 31.2 Å². The maximum atomic E-state index is 12.2. The molecule has 0 spiro atoms. The Morgan fingerprint density at radius 1 is 1.35 bits per heavy atom. The Morgan fingerprint density at radius 2 is 2.22 bits per heavy atom. The largest absolute Gasteiger partial charge is 0.322 e. The Balaban J connectivity index is 1.52. The maximum absolute atomic E-state index is 12.2. The molecule has 0 unspecified atom stereocenters. The van der Waals surface area contributed by atoms with Gasteiger partial charge in [-0.1, -0.05) is 35.2 Å². The van der Waals surface area contributed by atoms with Crippen molar-refractivity contribution in [2.45, 2.75) is 17.7 Å². The van der Waals surface area contributed by atoms with Gasteiger partial charge in [-0.05, 0) is 19.1 Å². The Labute approximate surface area is 139 Å². The minimum absolute atomic E-state index is 0.0758. The van der Waals surface area contributed by atoms with Crippen LogP contribution in [0.3, 0.4) is 0 Å². The standard InChI is InChI=1S/C14H12N6OS2/c1-8-17-18-14(23-8)22-7-9-6-12(21)20(19-9)13-15-10-4-2-3-5-11(10)16-13/h2-5H,6-7H2,1H3,(H,15,16). The molecule has 23 heavy (non-hydrogen) atoms. The Morgan fingerprint density at radius 3 is 3.00 bits per heavy atom. The molecular formula is C14H12N6OS2. The van der Waals surface area contributed by atoms with Crippen LogP contribution in [0, 0.1) is 6.92 Å². The number of anilines is 1. The summed E-state index contributed by atoms with van der Waals surface area (Å²) in [5.41, 5.74) is 2.52. The molecular weight excluding hydrogens is 332 g/mol. The fourth-order valence-electron chi connectivity index (χ4n) is 2.25. The molecule has 4 rings (SSSR count). The van der Waals surface area contributed by atoms with Crippen molar-refractivity contribution in [3.8, 4) is 0 Å². The lowest BCUT2D eigenvalue weighted by atomic mass is 10.3. The smallest absolute Gasteiger partial charge is 0.255 e. The number of thioether (sulfide) groups is 1. The first-order valence-corrected chi connectivity index (χ1v) is 8.76. The second-order valence-electron chi connectivity index (χ2n) is 5.00. The van der Waals surface area contributed by atoms with E-state index in [1.165, 1.54) is 5.01 Å². The molecule has 1 amide bonds. The number of H-pyrrole nitrogens is 1. The minimum Gasteiger partial charge on any atom is -0.322 e. The molecule has 1 aromatic carbocycles. The summed E-state index contributed by atoms with van der Waals surface area (Å²) < 4.78 is 0.889. The van der Waals surface area contributed by atoms with Gasteiger partial charge in [-0.15, -0.1) is 10.2 Å². The van der Waals surface area contributed by atoms with E-state index in [0.717, 1.165) is 26.1 Å². The number of aromatic amines is 1. The number of nitrogens with zero attached hydrogens (tertiary/aromatic N) is 5. The number of imidazole rings is 1. The molecule has 116 valence electrons. The highest BCUT2D eigenvalue weighted by atomic mass is 32.2. The first kappa shape index (κ1) is 14.3. The molecule has 3 heterocycles. The molecule has 0 atom stereocenters. The first-order valence-electron chi connectivity index (χ1n) is 6.96. The number of amides is 1. The van der Waals surface area contributed by atoms with Crippen molar-refractivity contribution in [2.24, 2.45) is 5.10 Å². The molecule has 7 nitrogen and oxygen atoms in total. The van der Waals surface area contributed by atoms with Crippen LogP contribution in [0.5, 0.6) is 0 Å². The van der Waals surface area contributed by atoms with Gasteiger partial charge in [-0.3, -0.25) is 4.79 Å². The van der Waals surface area contributed by atoms with E-state index < -0.39 is 0 Å². The monoisotopic (exact) mass is 344 g/mol. The van der Waals surface area contributed by atoms with Gasteiger partial charge < -0.3 is 4.98 Å². The summed E-state index contributed by atoms with van der Waals surface area (Å²) in [6, 6.07) is 7.65. The lowest BCUT2D eigenvalue weighted by Crippen LogP contribution is -2.20. The SMILES string of the molecule is Cc1nnc(SCC2=NN(c3nc4ccccc4[nH]3)C(=O)C2)s1. The van der Waals surface area contributed by atoms with Crippen LogP contribution >= 0.6 is 23.1 Å². The van der Waals surface area contributed by atoms with Crippen molar-refractivity contribution in [3.05, 3.63) is 29.3 Å². The van der Waals surface area contributed by atoms with Gasteiger partial charge in [0.05, 0.1) is 23.2 Å². The third-order valence-electron chi connectivity index (χ3n) is 3.28. The number of hydrogen-bond acceptors (Lipinski definition) is 7. The van der Waals surface area contributed by atoms with E-state index in [0.29, 0.717) is 18.1 Å². The highest BCUT2D eigenvalue weighted by molar-refractivity contribution is 8.01. The van der Waals surface area contributed by atoms with Crippen LogP contribution in [0.4, 0.5) is 5.95 Å². The van der Waals surface area contributed by atoms with Gasteiger partial charge in [-0.2, -0.15) is 10.1 Å². The van der Waals surface area contributed by atoms with Crippen LogP contribution in [0.15, 0.2) is 33.7 Å². The lowest BCUT2D eigenvalue weighted by molar-refractivity contribution is -0.117. The number of aryl methyl sites for hydroxylation is 1. The number of nitrogens with one attached hydrogen (secondary N) is 1. The summed E-state index contributed by atoms with van der Waals surface area (Å²) >= 11 is 3.09. The highest BCUT2D eigenvalue weighted by Crippen LogP contribution is 2.26. The average molecular weight is 344 g/mol. The maximum Gasteiger partial charge on any atom is 0.255 e. The van der Waals surface area contributed by atoms with Crippen molar-refractivity contribution in [3.63, 3.8) is 0 Å². The Kier molecular flexibility index (Phi) is 3.58. The van der Waals surface area contributed by atoms with E-state index in [2.05, 4.69) is 25.3 Å². The van der Waals surface area contributed by atoms with Gasteiger partial charge in [0.25, 0.3) is 5.91 Å². The van der Waals surface area contributed by atoms with Crippen molar-refractivity contribution in [2.75, 3.05) is 10.8 Å². The van der Waals surface area contributed by atoms with Gasteiger partial charge in [0.2, 0.25) is 5.95 Å². The van der Waals surface area contributed by atoms with E-state index in [1.54, 1.807) is 23.1 Å². The normalized spacial score (nSPS) is 14.7. The number of fused-ring (bicyclic) bond motifs is 1. The molecule has 0 bridgehead atoms.